The van der Waals surface area contributed by atoms with E-state index in [-0.39, 0.29) is 31.6 Å². The minimum absolute atomic E-state index is 0.0608. The van der Waals surface area contributed by atoms with E-state index in [4.69, 9.17) is 9.47 Å². The highest BCUT2D eigenvalue weighted by Crippen LogP contribution is 2.30. The number of amides is 2. The van der Waals surface area contributed by atoms with E-state index in [1.165, 1.54) is 0 Å². The van der Waals surface area contributed by atoms with Crippen molar-refractivity contribution >= 4 is 23.5 Å². The Labute approximate surface area is 265 Å². The fraction of sp³-hybridized carbons (Fsp3) is 0.324. The molecule has 1 fully saturated rings. The minimum atomic E-state index is -4.53. The highest BCUT2D eigenvalue weighted by atomic mass is 19.4. The Balaban J connectivity index is 1.19. The van der Waals surface area contributed by atoms with Crippen molar-refractivity contribution in [2.75, 3.05) is 38.6 Å². The van der Waals surface area contributed by atoms with Crippen LogP contribution in [0.4, 0.5) is 18.9 Å². The van der Waals surface area contributed by atoms with E-state index in [0.29, 0.717) is 43.1 Å². The van der Waals surface area contributed by atoms with Gasteiger partial charge in [-0.2, -0.15) is 13.2 Å². The van der Waals surface area contributed by atoms with Crippen molar-refractivity contribution in [2.45, 2.75) is 31.7 Å². The Bertz CT molecular complexity index is 1520. The molecule has 12 heteroatoms. The maximum atomic E-state index is 13.4. The number of likely N-dealkylation sites (N-methyl/N-ethyl adjacent to an activating group) is 1. The van der Waals surface area contributed by atoms with Crippen LogP contribution >= 0.6 is 0 Å². The highest BCUT2D eigenvalue weighted by Gasteiger charge is 2.38. The second-order valence-electron chi connectivity index (χ2n) is 11.1. The minimum Gasteiger partial charge on any atom is -0.457 e. The number of ether oxygens (including phenoxy) is 2. The van der Waals surface area contributed by atoms with E-state index in [0.717, 1.165) is 11.6 Å². The molecule has 0 radical (unpaired) electrons. The van der Waals surface area contributed by atoms with Gasteiger partial charge < -0.3 is 29.9 Å². The van der Waals surface area contributed by atoms with E-state index in [9.17, 15) is 22.8 Å². The Morgan fingerprint density at radius 2 is 1.57 bits per heavy atom. The summed E-state index contributed by atoms with van der Waals surface area (Å²) in [6.45, 7) is 0.996. The standard InChI is InChI=1S/C34H36F3N5O4/c1-41-19-18-30(34(35,36)37)40-33(41)42-20-16-25(17-21-42)31(43)39-29(23-45-22-24-8-4-2-5-9-24)32(44)38-26-12-14-28(15-13-26)46-27-10-6-3-7-11-27/h2-15,18,25,29H,16-17,19-23H2,1H3,(H,38,44)(H,39,43). The van der Waals surface area contributed by atoms with Gasteiger partial charge in [-0.05, 0) is 60.9 Å². The van der Waals surface area contributed by atoms with E-state index in [1.807, 2.05) is 60.7 Å². The highest BCUT2D eigenvalue weighted by molar-refractivity contribution is 5.97. The molecule has 2 aliphatic rings. The zero-order valence-electron chi connectivity index (χ0n) is 25.4. The molecule has 2 N–H and O–H groups in total. The topological polar surface area (TPSA) is 95.5 Å². The Hall–Kier alpha value is -4.84. The SMILES string of the molecule is CN1CC=C(C(F)(F)F)N=C1N1CCC(C(=O)NC(COCc2ccccc2)C(=O)Nc2ccc(Oc3ccccc3)cc2)CC1. The molecule has 0 aromatic heterocycles. The van der Waals surface area contributed by atoms with Crippen LogP contribution in [0.2, 0.25) is 0 Å². The van der Waals surface area contributed by atoms with Gasteiger partial charge in [0.2, 0.25) is 17.8 Å². The second kappa shape index (κ2) is 15.0. The van der Waals surface area contributed by atoms with Crippen LogP contribution in [0.3, 0.4) is 0 Å². The quantitative estimate of drug-likeness (QED) is 0.302. The number of carbonyl (C=O) groups excluding carboxylic acids is 2. The number of aliphatic imine (C=N–C) groups is 1. The summed E-state index contributed by atoms with van der Waals surface area (Å²) in [6, 6.07) is 24.7. The number of benzene rings is 3. The Morgan fingerprint density at radius 1 is 0.935 bits per heavy atom. The molecule has 0 saturated carbocycles. The van der Waals surface area contributed by atoms with Crippen LogP contribution in [0.5, 0.6) is 11.5 Å². The molecule has 5 rings (SSSR count). The molecular formula is C34H36F3N5O4. The number of likely N-dealkylation sites (tertiary alicyclic amines) is 1. The molecule has 0 aliphatic carbocycles. The maximum absolute atomic E-state index is 13.4. The third-order valence-electron chi connectivity index (χ3n) is 7.69. The van der Waals surface area contributed by atoms with Gasteiger partial charge in [0.1, 0.15) is 23.2 Å². The monoisotopic (exact) mass is 635 g/mol. The number of allylic oxidation sites excluding steroid dienone is 1. The number of alkyl halides is 3. The average Bonchev–Trinajstić information content (AvgIpc) is 3.06. The fourth-order valence-electron chi connectivity index (χ4n) is 5.18. The molecule has 1 unspecified atom stereocenters. The van der Waals surface area contributed by atoms with Crippen molar-refractivity contribution < 1.29 is 32.2 Å². The lowest BCUT2D eigenvalue weighted by Gasteiger charge is -2.38. The number of piperidine rings is 1. The van der Waals surface area contributed by atoms with Crippen molar-refractivity contribution in [3.63, 3.8) is 0 Å². The summed E-state index contributed by atoms with van der Waals surface area (Å²) in [7, 11) is 1.68. The summed E-state index contributed by atoms with van der Waals surface area (Å²) >= 11 is 0. The summed E-state index contributed by atoms with van der Waals surface area (Å²) in [5, 5.41) is 5.69. The lowest BCUT2D eigenvalue weighted by molar-refractivity contribution is -0.131. The number of hydrogen-bond donors (Lipinski definition) is 2. The van der Waals surface area contributed by atoms with Crippen LogP contribution in [0.25, 0.3) is 0 Å². The van der Waals surface area contributed by atoms with E-state index >= 15 is 0 Å². The third kappa shape index (κ3) is 8.87. The smallest absolute Gasteiger partial charge is 0.433 e. The van der Waals surface area contributed by atoms with Gasteiger partial charge in [0, 0.05) is 38.3 Å². The number of anilines is 1. The van der Waals surface area contributed by atoms with Gasteiger partial charge in [0.05, 0.1) is 13.2 Å². The fourth-order valence-corrected chi connectivity index (χ4v) is 5.18. The molecule has 9 nitrogen and oxygen atoms in total. The summed E-state index contributed by atoms with van der Waals surface area (Å²) < 4.78 is 51.5. The lowest BCUT2D eigenvalue weighted by atomic mass is 9.95. The average molecular weight is 636 g/mol. The number of nitrogens with one attached hydrogen (secondary N) is 2. The van der Waals surface area contributed by atoms with Crippen LogP contribution in [-0.4, -0.2) is 73.1 Å². The van der Waals surface area contributed by atoms with E-state index in [1.54, 1.807) is 41.1 Å². The number of rotatable bonds is 10. The third-order valence-corrected chi connectivity index (χ3v) is 7.69. The van der Waals surface area contributed by atoms with Crippen LogP contribution in [0, 0.1) is 5.92 Å². The molecule has 3 aromatic carbocycles. The molecule has 1 saturated heterocycles. The largest absolute Gasteiger partial charge is 0.457 e. The Kier molecular flexibility index (Phi) is 10.6. The first-order chi connectivity index (χ1) is 22.2. The zero-order chi connectivity index (χ0) is 32.5. The zero-order valence-corrected chi connectivity index (χ0v) is 25.4. The van der Waals surface area contributed by atoms with Gasteiger partial charge in [-0.15, -0.1) is 0 Å². The Morgan fingerprint density at radius 3 is 2.22 bits per heavy atom. The number of carbonyl (C=O) groups is 2. The van der Waals surface area contributed by atoms with E-state index in [2.05, 4.69) is 15.6 Å². The molecule has 2 aliphatic heterocycles. The molecule has 2 amide bonds. The lowest BCUT2D eigenvalue weighted by Crippen LogP contribution is -2.52. The molecule has 242 valence electrons. The van der Waals surface area contributed by atoms with Crippen molar-refractivity contribution in [3.8, 4) is 11.5 Å². The summed E-state index contributed by atoms with van der Waals surface area (Å²) in [6.07, 6.45) is -2.68. The van der Waals surface area contributed by atoms with Crippen LogP contribution in [0.15, 0.2) is 102 Å². The van der Waals surface area contributed by atoms with Gasteiger partial charge in [0.15, 0.2) is 0 Å². The van der Waals surface area contributed by atoms with Crippen LogP contribution < -0.4 is 15.4 Å². The number of guanidine groups is 1. The number of hydrogen-bond acceptors (Lipinski definition) is 7. The summed E-state index contributed by atoms with van der Waals surface area (Å²) in [4.78, 5) is 34.0. The first-order valence-corrected chi connectivity index (χ1v) is 15.0. The van der Waals surface area contributed by atoms with Crippen molar-refractivity contribution in [1.29, 1.82) is 0 Å². The predicted octanol–water partition coefficient (Wildman–Crippen LogP) is 5.58. The molecule has 46 heavy (non-hydrogen) atoms. The molecule has 0 bridgehead atoms. The van der Waals surface area contributed by atoms with Crippen LogP contribution in [-0.2, 0) is 20.9 Å². The first-order valence-electron chi connectivity index (χ1n) is 15.0. The van der Waals surface area contributed by atoms with E-state index < -0.39 is 29.7 Å². The van der Waals surface area contributed by atoms with Gasteiger partial charge in [0.25, 0.3) is 0 Å². The van der Waals surface area contributed by atoms with Crippen molar-refractivity contribution in [3.05, 3.63) is 102 Å². The van der Waals surface area contributed by atoms with Crippen LogP contribution in [0.1, 0.15) is 18.4 Å². The summed E-state index contributed by atoms with van der Waals surface area (Å²) in [5.41, 5.74) is 0.530. The first kappa shape index (κ1) is 32.6. The molecule has 1 atom stereocenters. The predicted molar refractivity (Wildman–Crippen MR) is 168 cm³/mol. The van der Waals surface area contributed by atoms with Crippen molar-refractivity contribution in [1.82, 2.24) is 15.1 Å². The van der Waals surface area contributed by atoms with Gasteiger partial charge in [-0.25, -0.2) is 4.99 Å². The second-order valence-corrected chi connectivity index (χ2v) is 11.1. The molecule has 2 heterocycles. The normalized spacial score (nSPS) is 16.3. The molecule has 0 spiro atoms. The number of para-hydroxylation sites is 1. The van der Waals surface area contributed by atoms with Gasteiger partial charge in [-0.1, -0.05) is 48.5 Å². The van der Waals surface area contributed by atoms with Crippen molar-refractivity contribution in [2.24, 2.45) is 10.9 Å². The van der Waals surface area contributed by atoms with Gasteiger partial charge in [-0.3, -0.25) is 9.59 Å². The van der Waals surface area contributed by atoms with Gasteiger partial charge >= 0.3 is 6.18 Å². The maximum Gasteiger partial charge on any atom is 0.433 e. The summed E-state index contributed by atoms with van der Waals surface area (Å²) in [5.74, 6) is 0.333. The molecular weight excluding hydrogens is 599 g/mol. The number of halogens is 3. The molecule has 3 aromatic rings. The number of nitrogens with zero attached hydrogens (tertiary/aromatic N) is 3.